The summed E-state index contributed by atoms with van der Waals surface area (Å²) in [6, 6.07) is 13.8. The minimum absolute atomic E-state index is 0.142. The molecular weight excluding hydrogens is 242 g/mol. The topological polar surface area (TPSA) is 53.7 Å². The number of carboxylic acid groups (broad SMARTS) is 1. The molecule has 2 aromatic rings. The van der Waals surface area contributed by atoms with E-state index in [0.29, 0.717) is 13.1 Å². The van der Waals surface area contributed by atoms with Gasteiger partial charge in [0, 0.05) is 12.1 Å². The quantitative estimate of drug-likeness (QED) is 0.866. The fraction of sp³-hybridized carbons (Fsp3) is 0.267. The maximum atomic E-state index is 10.5. The Morgan fingerprint density at radius 2 is 1.95 bits per heavy atom. The van der Waals surface area contributed by atoms with E-state index in [4.69, 9.17) is 9.52 Å². The zero-order chi connectivity index (χ0) is 13.7. The molecule has 0 spiro atoms. The number of carboxylic acids is 1. The zero-order valence-corrected chi connectivity index (χ0v) is 10.9. The monoisotopic (exact) mass is 259 g/mol. The lowest BCUT2D eigenvalue weighted by molar-refractivity contribution is -0.137. The summed E-state index contributed by atoms with van der Waals surface area (Å²) in [5.41, 5.74) is 1.04. The molecule has 1 aromatic heterocycles. The highest BCUT2D eigenvalue weighted by Gasteiger charge is 2.08. The summed E-state index contributed by atoms with van der Waals surface area (Å²) in [6.07, 6.45) is 0.142. The average Bonchev–Trinajstić information content (AvgIpc) is 2.86. The highest BCUT2D eigenvalue weighted by molar-refractivity contribution is 5.66. The van der Waals surface area contributed by atoms with Crippen LogP contribution in [0.5, 0.6) is 0 Å². The highest BCUT2D eigenvalue weighted by atomic mass is 16.4. The van der Waals surface area contributed by atoms with Crippen molar-refractivity contribution in [1.29, 1.82) is 0 Å². The normalized spacial score (nSPS) is 10.8. The number of carbonyl (C=O) groups is 1. The van der Waals surface area contributed by atoms with Crippen LogP contribution in [0.1, 0.15) is 12.2 Å². The molecule has 1 N–H and O–H groups in total. The van der Waals surface area contributed by atoms with Gasteiger partial charge in [0.05, 0.1) is 13.0 Å². The third kappa shape index (κ3) is 3.96. The van der Waals surface area contributed by atoms with Crippen LogP contribution in [-0.2, 0) is 11.3 Å². The van der Waals surface area contributed by atoms with Gasteiger partial charge in [-0.3, -0.25) is 9.69 Å². The molecule has 4 nitrogen and oxygen atoms in total. The fourth-order valence-corrected chi connectivity index (χ4v) is 1.85. The van der Waals surface area contributed by atoms with Crippen molar-refractivity contribution in [3.8, 4) is 11.3 Å². The molecular formula is C15H17NO3. The predicted molar refractivity (Wildman–Crippen MR) is 72.7 cm³/mol. The Morgan fingerprint density at radius 1 is 1.21 bits per heavy atom. The Bertz CT molecular complexity index is 533. The lowest BCUT2D eigenvalue weighted by Gasteiger charge is -2.13. The van der Waals surface area contributed by atoms with Crippen molar-refractivity contribution in [2.75, 3.05) is 13.6 Å². The van der Waals surface area contributed by atoms with Crippen LogP contribution >= 0.6 is 0 Å². The largest absolute Gasteiger partial charge is 0.481 e. The Balaban J connectivity index is 1.96. The highest BCUT2D eigenvalue weighted by Crippen LogP contribution is 2.22. The second-order valence-corrected chi connectivity index (χ2v) is 4.51. The number of furan rings is 1. The van der Waals surface area contributed by atoms with Crippen LogP contribution < -0.4 is 0 Å². The minimum Gasteiger partial charge on any atom is -0.481 e. The molecule has 0 fully saturated rings. The van der Waals surface area contributed by atoms with Gasteiger partial charge in [-0.15, -0.1) is 0 Å². The van der Waals surface area contributed by atoms with Crippen molar-refractivity contribution in [3.63, 3.8) is 0 Å². The van der Waals surface area contributed by atoms with Gasteiger partial charge in [-0.1, -0.05) is 30.3 Å². The van der Waals surface area contributed by atoms with Crippen LogP contribution in [0, 0.1) is 0 Å². The summed E-state index contributed by atoms with van der Waals surface area (Å²) in [7, 11) is 1.88. The van der Waals surface area contributed by atoms with Gasteiger partial charge in [-0.2, -0.15) is 0 Å². The number of nitrogens with zero attached hydrogens (tertiary/aromatic N) is 1. The van der Waals surface area contributed by atoms with Crippen LogP contribution in [0.15, 0.2) is 46.9 Å². The van der Waals surface area contributed by atoms with Crippen LogP contribution in [0.25, 0.3) is 11.3 Å². The van der Waals surface area contributed by atoms with Gasteiger partial charge in [0.2, 0.25) is 0 Å². The SMILES string of the molecule is CN(CCC(=O)O)Cc1ccc(-c2ccccc2)o1. The van der Waals surface area contributed by atoms with E-state index in [0.717, 1.165) is 17.1 Å². The molecule has 19 heavy (non-hydrogen) atoms. The Hall–Kier alpha value is -2.07. The zero-order valence-electron chi connectivity index (χ0n) is 10.9. The summed E-state index contributed by atoms with van der Waals surface area (Å²) in [4.78, 5) is 12.4. The van der Waals surface area contributed by atoms with Crippen LogP contribution in [0.3, 0.4) is 0 Å². The van der Waals surface area contributed by atoms with E-state index >= 15 is 0 Å². The van der Waals surface area contributed by atoms with E-state index in [2.05, 4.69) is 0 Å². The fourth-order valence-electron chi connectivity index (χ4n) is 1.85. The molecule has 0 atom stereocenters. The third-order valence-electron chi connectivity index (χ3n) is 2.85. The average molecular weight is 259 g/mol. The van der Waals surface area contributed by atoms with E-state index in [1.54, 1.807) is 0 Å². The van der Waals surface area contributed by atoms with Gasteiger partial charge < -0.3 is 9.52 Å². The minimum atomic E-state index is -0.781. The second-order valence-electron chi connectivity index (χ2n) is 4.51. The first-order valence-corrected chi connectivity index (χ1v) is 6.19. The van der Waals surface area contributed by atoms with Gasteiger partial charge in [0.1, 0.15) is 11.5 Å². The van der Waals surface area contributed by atoms with E-state index in [1.807, 2.05) is 54.4 Å². The molecule has 0 aliphatic rings. The van der Waals surface area contributed by atoms with Crippen LogP contribution in [-0.4, -0.2) is 29.6 Å². The van der Waals surface area contributed by atoms with Crippen molar-refractivity contribution < 1.29 is 14.3 Å². The molecule has 0 bridgehead atoms. The first-order valence-electron chi connectivity index (χ1n) is 6.19. The van der Waals surface area contributed by atoms with Gasteiger partial charge in [-0.25, -0.2) is 0 Å². The second kappa shape index (κ2) is 6.20. The van der Waals surface area contributed by atoms with Crippen molar-refractivity contribution in [2.45, 2.75) is 13.0 Å². The van der Waals surface area contributed by atoms with Crippen molar-refractivity contribution >= 4 is 5.97 Å². The first-order chi connectivity index (χ1) is 9.15. The molecule has 1 heterocycles. The summed E-state index contributed by atoms with van der Waals surface area (Å²) >= 11 is 0. The van der Waals surface area contributed by atoms with Crippen molar-refractivity contribution in [3.05, 3.63) is 48.2 Å². The molecule has 0 unspecified atom stereocenters. The lowest BCUT2D eigenvalue weighted by Crippen LogP contribution is -2.20. The molecule has 0 amide bonds. The van der Waals surface area contributed by atoms with E-state index in [9.17, 15) is 4.79 Å². The maximum absolute atomic E-state index is 10.5. The van der Waals surface area contributed by atoms with E-state index < -0.39 is 5.97 Å². The van der Waals surface area contributed by atoms with Gasteiger partial charge in [0.25, 0.3) is 0 Å². The number of rotatable bonds is 6. The van der Waals surface area contributed by atoms with E-state index in [1.165, 1.54) is 0 Å². The first kappa shape index (κ1) is 13.4. The molecule has 2 rings (SSSR count). The third-order valence-corrected chi connectivity index (χ3v) is 2.85. The number of hydrogen-bond donors (Lipinski definition) is 1. The lowest BCUT2D eigenvalue weighted by atomic mass is 10.2. The van der Waals surface area contributed by atoms with Crippen molar-refractivity contribution in [1.82, 2.24) is 4.90 Å². The molecule has 1 aromatic carbocycles. The van der Waals surface area contributed by atoms with Gasteiger partial charge in [-0.05, 0) is 19.2 Å². The summed E-state index contributed by atoms with van der Waals surface area (Å²) in [6.45, 7) is 1.12. The Kier molecular flexibility index (Phi) is 4.36. The Morgan fingerprint density at radius 3 is 2.63 bits per heavy atom. The van der Waals surface area contributed by atoms with Crippen LogP contribution in [0.4, 0.5) is 0 Å². The number of aliphatic carboxylic acids is 1. The standard InChI is InChI=1S/C15H17NO3/c1-16(10-9-15(17)18)11-13-7-8-14(19-13)12-5-3-2-4-6-12/h2-8H,9-11H2,1H3,(H,17,18). The molecule has 0 aliphatic carbocycles. The molecule has 100 valence electrons. The summed E-state index contributed by atoms with van der Waals surface area (Å²) in [5, 5.41) is 8.63. The Labute approximate surface area is 112 Å². The van der Waals surface area contributed by atoms with Crippen molar-refractivity contribution in [2.24, 2.45) is 0 Å². The van der Waals surface area contributed by atoms with E-state index in [-0.39, 0.29) is 6.42 Å². The number of hydrogen-bond acceptors (Lipinski definition) is 3. The smallest absolute Gasteiger partial charge is 0.304 e. The maximum Gasteiger partial charge on any atom is 0.304 e. The predicted octanol–water partition coefficient (Wildman–Crippen LogP) is 2.85. The molecule has 4 heteroatoms. The number of benzene rings is 1. The molecule has 0 saturated carbocycles. The summed E-state index contributed by atoms with van der Waals surface area (Å²) in [5.74, 6) is 0.894. The summed E-state index contributed by atoms with van der Waals surface area (Å²) < 4.78 is 5.76. The molecule has 0 saturated heterocycles. The molecule has 0 radical (unpaired) electrons. The van der Waals surface area contributed by atoms with Crippen LogP contribution in [0.2, 0.25) is 0 Å². The van der Waals surface area contributed by atoms with Gasteiger partial charge in [0.15, 0.2) is 0 Å². The molecule has 0 aliphatic heterocycles. The van der Waals surface area contributed by atoms with Gasteiger partial charge >= 0.3 is 5.97 Å².